The number of allylic oxidation sites excluding steroid dienone is 3. The zero-order chi connectivity index (χ0) is 26.7. The molecule has 2 rings (SSSR count). The molecule has 0 saturated carbocycles. The maximum atomic E-state index is 4.67. The molecule has 0 heteroatoms. The summed E-state index contributed by atoms with van der Waals surface area (Å²) in [4.78, 5) is 0. The minimum atomic E-state index is 0.313. The molecule has 0 radical (unpaired) electrons. The average molecular weight is 493 g/mol. The van der Waals surface area contributed by atoms with Crippen molar-refractivity contribution >= 4 is 0 Å². The van der Waals surface area contributed by atoms with Gasteiger partial charge in [0.2, 0.25) is 0 Å². The highest BCUT2D eigenvalue weighted by Crippen LogP contribution is 2.48. The first-order chi connectivity index (χ1) is 17.1. The van der Waals surface area contributed by atoms with Crippen LogP contribution in [0.4, 0.5) is 0 Å². The second kappa shape index (κ2) is 15.2. The van der Waals surface area contributed by atoms with Crippen molar-refractivity contribution in [1.29, 1.82) is 0 Å². The van der Waals surface area contributed by atoms with E-state index in [1.807, 2.05) is 0 Å². The van der Waals surface area contributed by atoms with Crippen LogP contribution >= 0.6 is 0 Å². The summed E-state index contributed by atoms with van der Waals surface area (Å²) in [6.45, 7) is 23.8. The van der Waals surface area contributed by atoms with Crippen LogP contribution in [-0.4, -0.2) is 0 Å². The van der Waals surface area contributed by atoms with Crippen LogP contribution in [0, 0.1) is 24.2 Å². The second-order valence-corrected chi connectivity index (χ2v) is 13.3. The summed E-state index contributed by atoms with van der Waals surface area (Å²) < 4.78 is 0. The van der Waals surface area contributed by atoms with Gasteiger partial charge in [0.15, 0.2) is 0 Å². The Hall–Kier alpha value is -1.30. The minimum absolute atomic E-state index is 0.313. The predicted molar refractivity (Wildman–Crippen MR) is 163 cm³/mol. The Morgan fingerprint density at radius 1 is 0.944 bits per heavy atom. The maximum Gasteiger partial charge on any atom is 0.00594 e. The highest BCUT2D eigenvalue weighted by molar-refractivity contribution is 5.46. The van der Waals surface area contributed by atoms with Crippen LogP contribution in [0.2, 0.25) is 0 Å². The molecule has 3 unspecified atom stereocenters. The van der Waals surface area contributed by atoms with Gasteiger partial charge < -0.3 is 0 Å². The molecule has 0 aromatic heterocycles. The summed E-state index contributed by atoms with van der Waals surface area (Å²) in [5.41, 5.74) is 9.59. The van der Waals surface area contributed by atoms with Gasteiger partial charge in [0, 0.05) is 5.92 Å². The molecular formula is C36H60. The lowest BCUT2D eigenvalue weighted by molar-refractivity contribution is 0.197. The molecule has 0 nitrogen and oxygen atoms in total. The second-order valence-electron chi connectivity index (χ2n) is 13.3. The molecule has 1 aliphatic carbocycles. The normalized spacial score (nSPS) is 19.3. The fraction of sp³-hybridized carbons (Fsp3) is 0.722. The molecule has 0 amide bonds. The Morgan fingerprint density at radius 3 is 2.25 bits per heavy atom. The molecule has 204 valence electrons. The van der Waals surface area contributed by atoms with Crippen LogP contribution in [-0.2, 0) is 12.8 Å². The van der Waals surface area contributed by atoms with Gasteiger partial charge in [-0.1, -0.05) is 129 Å². The minimum Gasteiger partial charge on any atom is -0.0993 e. The number of hydrogen-bond acceptors (Lipinski definition) is 0. The summed E-state index contributed by atoms with van der Waals surface area (Å²) in [6.07, 6.45) is 20.9. The fourth-order valence-corrected chi connectivity index (χ4v) is 6.48. The van der Waals surface area contributed by atoms with Crippen LogP contribution in [0.25, 0.3) is 0 Å². The standard InChI is InChI=1S/C36H60/c1-10-12-14-15-16-18-19-28(4)29(5)25-32-26-31(20-17-13-11-2)24-30(6)35(32)33-23-27(3)21-22-34(33)36(7,8)9/h23-24,26,28,33-34H,5,10-22,25H2,1-4,6-9H3. The molecule has 3 atom stereocenters. The highest BCUT2D eigenvalue weighted by atomic mass is 14.4. The predicted octanol–water partition coefficient (Wildman–Crippen LogP) is 11.7. The average Bonchev–Trinajstić information content (AvgIpc) is 2.80. The summed E-state index contributed by atoms with van der Waals surface area (Å²) in [7, 11) is 0. The number of unbranched alkanes of at least 4 members (excludes halogenated alkanes) is 7. The van der Waals surface area contributed by atoms with Crippen LogP contribution in [0.5, 0.6) is 0 Å². The summed E-state index contributed by atoms with van der Waals surface area (Å²) in [6, 6.07) is 5.10. The van der Waals surface area contributed by atoms with Gasteiger partial charge in [-0.25, -0.2) is 0 Å². The van der Waals surface area contributed by atoms with Gasteiger partial charge in [-0.3, -0.25) is 0 Å². The molecule has 1 aliphatic rings. The number of aryl methyl sites for hydroxylation is 2. The van der Waals surface area contributed by atoms with Crippen molar-refractivity contribution in [3.63, 3.8) is 0 Å². The van der Waals surface area contributed by atoms with E-state index in [1.165, 1.54) is 94.6 Å². The molecule has 0 saturated heterocycles. The van der Waals surface area contributed by atoms with Gasteiger partial charge in [0.1, 0.15) is 0 Å². The van der Waals surface area contributed by atoms with Gasteiger partial charge in [-0.15, -0.1) is 0 Å². The monoisotopic (exact) mass is 492 g/mol. The van der Waals surface area contributed by atoms with E-state index in [0.717, 1.165) is 6.42 Å². The largest absolute Gasteiger partial charge is 0.0993 e. The van der Waals surface area contributed by atoms with E-state index in [4.69, 9.17) is 0 Å². The first-order valence-electron chi connectivity index (χ1n) is 15.6. The van der Waals surface area contributed by atoms with E-state index < -0.39 is 0 Å². The SMILES string of the molecule is C=C(Cc1cc(CCCCC)cc(C)c1C1C=C(C)CCC1C(C)(C)C)C(C)CCCCCCCC. The number of rotatable bonds is 15. The first kappa shape index (κ1) is 30.9. The van der Waals surface area contributed by atoms with Crippen molar-refractivity contribution in [2.75, 3.05) is 0 Å². The maximum absolute atomic E-state index is 4.67. The van der Waals surface area contributed by atoms with Gasteiger partial charge in [-0.2, -0.15) is 0 Å². The lowest BCUT2D eigenvalue weighted by Crippen LogP contribution is -2.29. The van der Waals surface area contributed by atoms with Crippen LogP contribution in [0.1, 0.15) is 154 Å². The quantitative estimate of drug-likeness (QED) is 0.169. The lowest BCUT2D eigenvalue weighted by atomic mass is 9.64. The van der Waals surface area contributed by atoms with E-state index in [9.17, 15) is 0 Å². The van der Waals surface area contributed by atoms with Crippen LogP contribution in [0.3, 0.4) is 0 Å². The molecule has 1 aromatic rings. The summed E-state index contributed by atoms with van der Waals surface area (Å²) >= 11 is 0. The van der Waals surface area contributed by atoms with Gasteiger partial charge in [0.05, 0.1) is 0 Å². The Kier molecular flexibility index (Phi) is 13.1. The third-order valence-electron chi connectivity index (χ3n) is 8.90. The smallest absolute Gasteiger partial charge is 0.00594 e. The van der Waals surface area contributed by atoms with Crippen molar-refractivity contribution < 1.29 is 0 Å². The Labute approximate surface area is 226 Å². The summed E-state index contributed by atoms with van der Waals surface area (Å²) in [5.74, 6) is 1.83. The molecule has 36 heavy (non-hydrogen) atoms. The van der Waals surface area contributed by atoms with E-state index in [-0.39, 0.29) is 0 Å². The third-order valence-corrected chi connectivity index (χ3v) is 8.90. The van der Waals surface area contributed by atoms with E-state index in [0.29, 0.717) is 23.2 Å². The number of hydrogen-bond donors (Lipinski definition) is 0. The zero-order valence-electron chi connectivity index (χ0n) is 25.6. The highest BCUT2D eigenvalue weighted by Gasteiger charge is 2.35. The van der Waals surface area contributed by atoms with Crippen LogP contribution in [0.15, 0.2) is 35.9 Å². The molecule has 0 bridgehead atoms. The van der Waals surface area contributed by atoms with Crippen molar-refractivity contribution in [3.8, 4) is 0 Å². The topological polar surface area (TPSA) is 0 Å². The molecular weight excluding hydrogens is 432 g/mol. The Balaban J connectivity index is 2.30. The van der Waals surface area contributed by atoms with Gasteiger partial charge in [-0.05, 0) is 91.9 Å². The van der Waals surface area contributed by atoms with Crippen molar-refractivity contribution in [2.24, 2.45) is 17.3 Å². The van der Waals surface area contributed by atoms with E-state index in [2.05, 4.69) is 80.2 Å². The molecule has 0 aliphatic heterocycles. The number of benzene rings is 1. The molecule has 0 spiro atoms. The molecule has 1 aromatic carbocycles. The Bertz CT molecular complexity index is 830. The fourth-order valence-electron chi connectivity index (χ4n) is 6.48. The molecule has 0 N–H and O–H groups in total. The third kappa shape index (κ3) is 9.54. The molecule has 0 fully saturated rings. The van der Waals surface area contributed by atoms with Crippen molar-refractivity contribution in [2.45, 2.75) is 151 Å². The summed E-state index contributed by atoms with van der Waals surface area (Å²) in [5, 5.41) is 0. The van der Waals surface area contributed by atoms with E-state index in [1.54, 1.807) is 22.3 Å². The van der Waals surface area contributed by atoms with Gasteiger partial charge in [0.25, 0.3) is 0 Å². The first-order valence-corrected chi connectivity index (χ1v) is 15.6. The Morgan fingerprint density at radius 2 is 1.58 bits per heavy atom. The van der Waals surface area contributed by atoms with Crippen LogP contribution < -0.4 is 0 Å². The van der Waals surface area contributed by atoms with Crippen molar-refractivity contribution in [1.82, 2.24) is 0 Å². The molecule has 0 heterocycles. The lowest BCUT2D eigenvalue weighted by Gasteiger charge is -2.41. The van der Waals surface area contributed by atoms with E-state index >= 15 is 0 Å². The van der Waals surface area contributed by atoms with Crippen molar-refractivity contribution in [3.05, 3.63) is 58.2 Å². The van der Waals surface area contributed by atoms with Gasteiger partial charge >= 0.3 is 0 Å². The zero-order valence-corrected chi connectivity index (χ0v) is 25.6.